The number of nitriles is 1. The number of rotatable bonds is 5. The summed E-state index contributed by atoms with van der Waals surface area (Å²) >= 11 is 5.98. The molecule has 0 aliphatic heterocycles. The van der Waals surface area contributed by atoms with E-state index in [-0.39, 0.29) is 12.4 Å². The second-order valence-corrected chi connectivity index (χ2v) is 4.60. The number of ketones is 1. The summed E-state index contributed by atoms with van der Waals surface area (Å²) in [6.45, 7) is -0.103. The average molecular weight is 302 g/mol. The summed E-state index contributed by atoms with van der Waals surface area (Å²) in [5, 5.41) is 9.07. The van der Waals surface area contributed by atoms with Gasteiger partial charge in [0.15, 0.2) is 12.4 Å². The fraction of sp³-hybridized carbons (Fsp3) is 0.125. The minimum absolute atomic E-state index is 0.103. The van der Waals surface area contributed by atoms with Crippen LogP contribution in [0.4, 0.5) is 0 Å². The van der Waals surface area contributed by atoms with Crippen LogP contribution < -0.4 is 9.47 Å². The van der Waals surface area contributed by atoms with E-state index in [1.165, 1.54) is 7.11 Å². The van der Waals surface area contributed by atoms with Crippen molar-refractivity contribution in [3.8, 4) is 17.6 Å². The molecule has 5 heteroatoms. The highest BCUT2D eigenvalue weighted by atomic mass is 35.5. The minimum Gasteiger partial charge on any atom is -0.495 e. The standard InChI is InChI=1S/C16H12ClNO3/c1-20-16-7-4-12(8-14(16)17)15(19)10-21-13-5-2-11(9-18)3-6-13/h2-8H,10H2,1H3. The summed E-state index contributed by atoms with van der Waals surface area (Å²) < 4.78 is 10.4. The van der Waals surface area contributed by atoms with Crippen molar-refractivity contribution in [3.05, 3.63) is 58.6 Å². The van der Waals surface area contributed by atoms with Crippen LogP contribution in [0.25, 0.3) is 0 Å². The van der Waals surface area contributed by atoms with Crippen LogP contribution in [0.5, 0.6) is 11.5 Å². The molecule has 0 unspecified atom stereocenters. The molecule has 0 spiro atoms. The van der Waals surface area contributed by atoms with Gasteiger partial charge in [0.25, 0.3) is 0 Å². The second-order valence-electron chi connectivity index (χ2n) is 4.20. The number of carbonyl (C=O) groups is 1. The fourth-order valence-corrected chi connectivity index (χ4v) is 1.96. The number of hydrogen-bond donors (Lipinski definition) is 0. The lowest BCUT2D eigenvalue weighted by Crippen LogP contribution is -2.11. The molecule has 0 amide bonds. The zero-order chi connectivity index (χ0) is 15.2. The second kappa shape index (κ2) is 6.78. The van der Waals surface area contributed by atoms with Gasteiger partial charge in [0.05, 0.1) is 23.8 Å². The maximum Gasteiger partial charge on any atom is 0.200 e. The lowest BCUT2D eigenvalue weighted by atomic mass is 10.1. The molecule has 0 heterocycles. The highest BCUT2D eigenvalue weighted by Gasteiger charge is 2.10. The Morgan fingerprint density at radius 3 is 2.52 bits per heavy atom. The molecule has 0 aliphatic carbocycles. The number of nitrogens with zero attached hydrogens (tertiary/aromatic N) is 1. The first-order valence-electron chi connectivity index (χ1n) is 6.13. The van der Waals surface area contributed by atoms with Gasteiger partial charge in [-0.3, -0.25) is 4.79 Å². The molecule has 0 aliphatic rings. The topological polar surface area (TPSA) is 59.3 Å². The van der Waals surface area contributed by atoms with E-state index in [2.05, 4.69) is 0 Å². The van der Waals surface area contributed by atoms with Crippen molar-refractivity contribution >= 4 is 17.4 Å². The highest BCUT2D eigenvalue weighted by molar-refractivity contribution is 6.32. The molecule has 0 aromatic heterocycles. The van der Waals surface area contributed by atoms with Gasteiger partial charge < -0.3 is 9.47 Å². The predicted molar refractivity (Wildman–Crippen MR) is 79.0 cm³/mol. The number of ether oxygens (including phenoxy) is 2. The molecule has 2 rings (SSSR count). The molecule has 0 saturated heterocycles. The SMILES string of the molecule is COc1ccc(C(=O)COc2ccc(C#N)cc2)cc1Cl. The summed E-state index contributed by atoms with van der Waals surface area (Å²) in [6.07, 6.45) is 0. The fourth-order valence-electron chi connectivity index (χ4n) is 1.70. The van der Waals surface area contributed by atoms with Crippen LogP contribution in [0.1, 0.15) is 15.9 Å². The van der Waals surface area contributed by atoms with E-state index in [0.29, 0.717) is 27.6 Å². The van der Waals surface area contributed by atoms with Gasteiger partial charge in [-0.05, 0) is 42.5 Å². The van der Waals surface area contributed by atoms with Gasteiger partial charge in [0.2, 0.25) is 0 Å². The van der Waals surface area contributed by atoms with Gasteiger partial charge in [0.1, 0.15) is 11.5 Å². The van der Waals surface area contributed by atoms with Crippen LogP contribution in [0.3, 0.4) is 0 Å². The Hall–Kier alpha value is -2.51. The molecule has 0 atom stereocenters. The van der Waals surface area contributed by atoms with Crippen molar-refractivity contribution in [2.75, 3.05) is 13.7 Å². The van der Waals surface area contributed by atoms with Crippen molar-refractivity contribution in [3.63, 3.8) is 0 Å². The Balaban J connectivity index is 2.01. The molecular weight excluding hydrogens is 290 g/mol. The van der Waals surface area contributed by atoms with Gasteiger partial charge >= 0.3 is 0 Å². The molecule has 21 heavy (non-hydrogen) atoms. The van der Waals surface area contributed by atoms with Crippen molar-refractivity contribution in [2.45, 2.75) is 0 Å². The largest absolute Gasteiger partial charge is 0.495 e. The van der Waals surface area contributed by atoms with Crippen LogP contribution in [-0.2, 0) is 0 Å². The molecule has 0 bridgehead atoms. The Labute approximate surface area is 127 Å². The normalized spacial score (nSPS) is 9.76. The van der Waals surface area contributed by atoms with E-state index in [1.54, 1.807) is 42.5 Å². The van der Waals surface area contributed by atoms with Crippen LogP contribution in [0, 0.1) is 11.3 Å². The molecule has 0 radical (unpaired) electrons. The van der Waals surface area contributed by atoms with Crippen molar-refractivity contribution in [1.29, 1.82) is 5.26 Å². The van der Waals surface area contributed by atoms with E-state index in [1.807, 2.05) is 6.07 Å². The molecule has 2 aromatic carbocycles. The van der Waals surface area contributed by atoms with Crippen LogP contribution in [0.2, 0.25) is 5.02 Å². The summed E-state index contributed by atoms with van der Waals surface area (Å²) in [6, 6.07) is 13.4. The summed E-state index contributed by atoms with van der Waals surface area (Å²) in [5.74, 6) is 0.854. The van der Waals surface area contributed by atoms with Crippen LogP contribution >= 0.6 is 11.6 Å². The van der Waals surface area contributed by atoms with Crippen molar-refractivity contribution in [1.82, 2.24) is 0 Å². The molecule has 106 valence electrons. The predicted octanol–water partition coefficient (Wildman–Crippen LogP) is 3.48. The Kier molecular flexibility index (Phi) is 4.81. The lowest BCUT2D eigenvalue weighted by molar-refractivity contribution is 0.0921. The minimum atomic E-state index is -0.191. The molecular formula is C16H12ClNO3. The van der Waals surface area contributed by atoms with E-state index in [9.17, 15) is 4.79 Å². The Morgan fingerprint density at radius 1 is 1.24 bits per heavy atom. The van der Waals surface area contributed by atoms with E-state index in [4.69, 9.17) is 26.3 Å². The Morgan fingerprint density at radius 2 is 1.95 bits per heavy atom. The maximum absolute atomic E-state index is 12.0. The van der Waals surface area contributed by atoms with Crippen LogP contribution in [-0.4, -0.2) is 19.5 Å². The van der Waals surface area contributed by atoms with E-state index < -0.39 is 0 Å². The quantitative estimate of drug-likeness (QED) is 0.793. The van der Waals surface area contributed by atoms with Gasteiger partial charge in [-0.2, -0.15) is 5.26 Å². The summed E-state index contributed by atoms with van der Waals surface area (Å²) in [7, 11) is 1.51. The van der Waals surface area contributed by atoms with Crippen molar-refractivity contribution in [2.24, 2.45) is 0 Å². The number of hydrogen-bond acceptors (Lipinski definition) is 4. The third kappa shape index (κ3) is 3.74. The molecule has 2 aromatic rings. The number of Topliss-reactive ketones (excluding diaryl/α,β-unsaturated/α-hetero) is 1. The van der Waals surface area contributed by atoms with E-state index in [0.717, 1.165) is 0 Å². The van der Waals surface area contributed by atoms with Gasteiger partial charge in [0, 0.05) is 5.56 Å². The number of methoxy groups -OCH3 is 1. The van der Waals surface area contributed by atoms with Crippen molar-refractivity contribution < 1.29 is 14.3 Å². The highest BCUT2D eigenvalue weighted by Crippen LogP contribution is 2.25. The Bertz CT molecular complexity index is 690. The summed E-state index contributed by atoms with van der Waals surface area (Å²) in [4.78, 5) is 12.0. The smallest absolute Gasteiger partial charge is 0.200 e. The third-order valence-electron chi connectivity index (χ3n) is 2.83. The molecule has 4 nitrogen and oxygen atoms in total. The average Bonchev–Trinajstić information content (AvgIpc) is 2.53. The lowest BCUT2D eigenvalue weighted by Gasteiger charge is -2.07. The van der Waals surface area contributed by atoms with E-state index >= 15 is 0 Å². The first-order chi connectivity index (χ1) is 10.1. The molecule has 0 fully saturated rings. The first-order valence-corrected chi connectivity index (χ1v) is 6.51. The van der Waals surface area contributed by atoms with Gasteiger partial charge in [-0.1, -0.05) is 11.6 Å². The first kappa shape index (κ1) is 14.9. The van der Waals surface area contributed by atoms with Gasteiger partial charge in [-0.25, -0.2) is 0 Å². The number of halogens is 1. The monoisotopic (exact) mass is 301 g/mol. The van der Waals surface area contributed by atoms with Gasteiger partial charge in [-0.15, -0.1) is 0 Å². The number of benzene rings is 2. The zero-order valence-electron chi connectivity index (χ0n) is 11.3. The summed E-state index contributed by atoms with van der Waals surface area (Å²) in [5.41, 5.74) is 0.991. The maximum atomic E-state index is 12.0. The third-order valence-corrected chi connectivity index (χ3v) is 3.12. The number of carbonyl (C=O) groups excluding carboxylic acids is 1. The molecule has 0 saturated carbocycles. The zero-order valence-corrected chi connectivity index (χ0v) is 12.1. The molecule has 0 N–H and O–H groups in total. The van der Waals surface area contributed by atoms with Crippen LogP contribution in [0.15, 0.2) is 42.5 Å².